The van der Waals surface area contributed by atoms with Gasteiger partial charge in [0.15, 0.2) is 0 Å². The molecule has 0 aliphatic rings. The number of ether oxygens (including phenoxy) is 2. The van der Waals surface area contributed by atoms with Crippen LogP contribution in [-0.2, 0) is 22.3 Å². The second-order valence-corrected chi connectivity index (χ2v) is 4.66. The first-order valence-electron chi connectivity index (χ1n) is 6.91. The monoisotopic (exact) mass is 278 g/mol. The average molecular weight is 278 g/mol. The maximum atomic E-state index is 12.0. The third kappa shape index (κ3) is 3.59. The number of carbonyl (C=O) groups is 2. The van der Waals surface area contributed by atoms with Crippen LogP contribution < -0.4 is 0 Å². The van der Waals surface area contributed by atoms with E-state index < -0.39 is 11.9 Å². The number of hydrogen-bond donors (Lipinski definition) is 0. The quantitative estimate of drug-likeness (QED) is 0.750. The van der Waals surface area contributed by atoms with E-state index in [1.807, 2.05) is 13.0 Å². The summed E-state index contributed by atoms with van der Waals surface area (Å²) in [7, 11) is 2.63. The summed E-state index contributed by atoms with van der Waals surface area (Å²) in [5.41, 5.74) is 2.53. The maximum absolute atomic E-state index is 12.0. The molecule has 110 valence electrons. The highest BCUT2D eigenvalue weighted by Crippen LogP contribution is 2.22. The lowest BCUT2D eigenvalue weighted by molar-refractivity contribution is 0.0554. The summed E-state index contributed by atoms with van der Waals surface area (Å²) in [5, 5.41) is 0. The standard InChI is InChI=1S/C16H22O4/c1-5-7-11-9-12(8-6-2)14(16(18)20-4)13(10-11)15(17)19-3/h9-10H,5-8H2,1-4H3. The van der Waals surface area contributed by atoms with Gasteiger partial charge < -0.3 is 9.47 Å². The van der Waals surface area contributed by atoms with Crippen molar-refractivity contribution in [2.45, 2.75) is 39.5 Å². The van der Waals surface area contributed by atoms with Crippen molar-refractivity contribution in [3.8, 4) is 0 Å². The molecule has 0 atom stereocenters. The summed E-state index contributed by atoms with van der Waals surface area (Å²) in [6.45, 7) is 4.11. The second kappa shape index (κ2) is 7.68. The molecule has 0 saturated heterocycles. The molecule has 0 radical (unpaired) electrons. The molecule has 1 rings (SSSR count). The Kier molecular flexibility index (Phi) is 6.22. The van der Waals surface area contributed by atoms with E-state index in [-0.39, 0.29) is 0 Å². The first-order valence-corrected chi connectivity index (χ1v) is 6.91. The van der Waals surface area contributed by atoms with E-state index in [1.54, 1.807) is 6.07 Å². The van der Waals surface area contributed by atoms with Crippen LogP contribution in [0.3, 0.4) is 0 Å². The molecule has 0 saturated carbocycles. The third-order valence-corrected chi connectivity index (χ3v) is 3.13. The highest BCUT2D eigenvalue weighted by Gasteiger charge is 2.23. The minimum absolute atomic E-state index is 0.300. The molecule has 0 heterocycles. The van der Waals surface area contributed by atoms with Gasteiger partial charge in [-0.1, -0.05) is 32.8 Å². The SMILES string of the molecule is CCCc1cc(CCC)c(C(=O)OC)c(C(=O)OC)c1. The number of rotatable bonds is 6. The predicted molar refractivity (Wildman–Crippen MR) is 77.1 cm³/mol. The van der Waals surface area contributed by atoms with E-state index in [1.165, 1.54) is 14.2 Å². The van der Waals surface area contributed by atoms with Crippen LogP contribution in [0.2, 0.25) is 0 Å². The van der Waals surface area contributed by atoms with Crippen molar-refractivity contribution in [3.63, 3.8) is 0 Å². The van der Waals surface area contributed by atoms with Crippen LogP contribution in [0.1, 0.15) is 58.5 Å². The third-order valence-electron chi connectivity index (χ3n) is 3.13. The topological polar surface area (TPSA) is 52.6 Å². The fourth-order valence-corrected chi connectivity index (χ4v) is 2.28. The Morgan fingerprint density at radius 3 is 2.05 bits per heavy atom. The van der Waals surface area contributed by atoms with Crippen LogP contribution in [0.4, 0.5) is 0 Å². The molecule has 1 aromatic rings. The number of hydrogen-bond acceptors (Lipinski definition) is 4. The van der Waals surface area contributed by atoms with Crippen LogP contribution in [0.5, 0.6) is 0 Å². The van der Waals surface area contributed by atoms with Crippen molar-refractivity contribution < 1.29 is 19.1 Å². The Balaban J connectivity index is 3.48. The number of carbonyl (C=O) groups excluding carboxylic acids is 2. The zero-order valence-corrected chi connectivity index (χ0v) is 12.6. The number of benzene rings is 1. The summed E-state index contributed by atoms with van der Waals surface area (Å²) in [5.74, 6) is -0.988. The minimum Gasteiger partial charge on any atom is -0.465 e. The van der Waals surface area contributed by atoms with Gasteiger partial charge in [-0.25, -0.2) is 9.59 Å². The zero-order valence-electron chi connectivity index (χ0n) is 12.6. The molecule has 0 bridgehead atoms. The largest absolute Gasteiger partial charge is 0.465 e. The first-order chi connectivity index (χ1) is 9.58. The number of esters is 2. The Hall–Kier alpha value is -1.84. The van der Waals surface area contributed by atoms with E-state index in [9.17, 15) is 9.59 Å². The lowest BCUT2D eigenvalue weighted by Crippen LogP contribution is -2.15. The molecule has 0 spiro atoms. The summed E-state index contributed by atoms with van der Waals surface area (Å²) < 4.78 is 9.60. The molecular weight excluding hydrogens is 256 g/mol. The predicted octanol–water partition coefficient (Wildman–Crippen LogP) is 3.16. The Bertz CT molecular complexity index is 491. The van der Waals surface area contributed by atoms with Crippen molar-refractivity contribution in [1.29, 1.82) is 0 Å². The highest BCUT2D eigenvalue weighted by molar-refractivity contribution is 6.04. The smallest absolute Gasteiger partial charge is 0.339 e. The molecule has 1 aromatic carbocycles. The van der Waals surface area contributed by atoms with E-state index in [0.29, 0.717) is 11.1 Å². The lowest BCUT2D eigenvalue weighted by atomic mass is 9.93. The highest BCUT2D eigenvalue weighted by atomic mass is 16.5. The van der Waals surface area contributed by atoms with Crippen LogP contribution >= 0.6 is 0 Å². The molecule has 20 heavy (non-hydrogen) atoms. The van der Waals surface area contributed by atoms with Gasteiger partial charge in [-0.15, -0.1) is 0 Å². The summed E-state index contributed by atoms with van der Waals surface area (Å²) in [6.07, 6.45) is 3.46. The molecule has 0 amide bonds. The van der Waals surface area contributed by atoms with Gasteiger partial charge in [0.2, 0.25) is 0 Å². The molecule has 0 aliphatic carbocycles. The van der Waals surface area contributed by atoms with Crippen LogP contribution in [0.15, 0.2) is 12.1 Å². The Morgan fingerprint density at radius 1 is 0.950 bits per heavy atom. The van der Waals surface area contributed by atoms with E-state index in [4.69, 9.17) is 9.47 Å². The Labute approximate surface area is 120 Å². The average Bonchev–Trinajstić information content (AvgIpc) is 2.46. The van der Waals surface area contributed by atoms with Crippen LogP contribution in [-0.4, -0.2) is 26.2 Å². The van der Waals surface area contributed by atoms with Gasteiger partial charge in [0, 0.05) is 0 Å². The van der Waals surface area contributed by atoms with Gasteiger partial charge in [-0.3, -0.25) is 0 Å². The van der Waals surface area contributed by atoms with Crippen molar-refractivity contribution in [1.82, 2.24) is 0 Å². The molecule has 0 aromatic heterocycles. The van der Waals surface area contributed by atoms with E-state index in [2.05, 4.69) is 6.92 Å². The Morgan fingerprint density at radius 2 is 1.55 bits per heavy atom. The summed E-state index contributed by atoms with van der Waals surface area (Å²) in [6, 6.07) is 3.73. The molecule has 4 heteroatoms. The minimum atomic E-state index is -0.499. The van der Waals surface area contributed by atoms with Crippen molar-refractivity contribution in [2.75, 3.05) is 14.2 Å². The normalized spacial score (nSPS) is 10.2. The second-order valence-electron chi connectivity index (χ2n) is 4.66. The molecule has 0 aliphatic heterocycles. The number of aryl methyl sites for hydroxylation is 2. The van der Waals surface area contributed by atoms with Crippen molar-refractivity contribution in [3.05, 3.63) is 34.4 Å². The molecule has 4 nitrogen and oxygen atoms in total. The fourth-order valence-electron chi connectivity index (χ4n) is 2.28. The van der Waals surface area contributed by atoms with Crippen LogP contribution in [0, 0.1) is 0 Å². The van der Waals surface area contributed by atoms with Gasteiger partial charge in [0.25, 0.3) is 0 Å². The van der Waals surface area contributed by atoms with E-state index in [0.717, 1.165) is 36.8 Å². The zero-order chi connectivity index (χ0) is 15.1. The van der Waals surface area contributed by atoms with Crippen LogP contribution in [0.25, 0.3) is 0 Å². The van der Waals surface area contributed by atoms with Gasteiger partial charge in [-0.05, 0) is 30.0 Å². The number of methoxy groups -OCH3 is 2. The van der Waals surface area contributed by atoms with Crippen molar-refractivity contribution in [2.24, 2.45) is 0 Å². The van der Waals surface area contributed by atoms with Gasteiger partial charge in [0.05, 0.1) is 25.3 Å². The van der Waals surface area contributed by atoms with E-state index >= 15 is 0 Å². The maximum Gasteiger partial charge on any atom is 0.339 e. The lowest BCUT2D eigenvalue weighted by Gasteiger charge is -2.14. The molecule has 0 unspecified atom stereocenters. The fraction of sp³-hybridized carbons (Fsp3) is 0.500. The van der Waals surface area contributed by atoms with Gasteiger partial charge in [-0.2, -0.15) is 0 Å². The van der Waals surface area contributed by atoms with Crippen molar-refractivity contribution >= 4 is 11.9 Å². The van der Waals surface area contributed by atoms with Gasteiger partial charge >= 0.3 is 11.9 Å². The molecule has 0 fully saturated rings. The first kappa shape index (κ1) is 16.2. The van der Waals surface area contributed by atoms with Gasteiger partial charge in [0.1, 0.15) is 0 Å². The molecule has 0 N–H and O–H groups in total. The summed E-state index contributed by atoms with van der Waals surface area (Å²) in [4.78, 5) is 23.9. The summed E-state index contributed by atoms with van der Waals surface area (Å²) >= 11 is 0. The molecular formula is C16H22O4.